The summed E-state index contributed by atoms with van der Waals surface area (Å²) in [5, 5.41) is 6.74. The monoisotopic (exact) mass is 279 g/mol. The maximum Gasteiger partial charge on any atom is 0.257 e. The number of hydrogen-bond acceptors (Lipinski definition) is 4. The molecule has 0 saturated carbocycles. The molecule has 19 heavy (non-hydrogen) atoms. The minimum absolute atomic E-state index is 0.0497. The van der Waals surface area contributed by atoms with Crippen molar-refractivity contribution in [3.05, 3.63) is 41.4 Å². The summed E-state index contributed by atoms with van der Waals surface area (Å²) in [5.41, 5.74) is 5.78. The molecule has 2 amide bonds. The number of nitrogens with two attached hydrogens (primary N) is 1. The van der Waals surface area contributed by atoms with E-state index in [9.17, 15) is 9.59 Å². The Morgan fingerprint density at radius 1 is 1.42 bits per heavy atom. The SMILES string of the molecule is NC(=O)Cn1cc(NC(=O)c2ccncc2Cl)cn1. The van der Waals surface area contributed by atoms with Gasteiger partial charge < -0.3 is 11.1 Å². The van der Waals surface area contributed by atoms with Crippen molar-refractivity contribution in [1.29, 1.82) is 0 Å². The summed E-state index contributed by atoms with van der Waals surface area (Å²) in [6.45, 7) is -0.0497. The van der Waals surface area contributed by atoms with Crippen molar-refractivity contribution < 1.29 is 9.59 Å². The Hall–Kier alpha value is -2.41. The summed E-state index contributed by atoms with van der Waals surface area (Å²) in [6, 6.07) is 1.51. The number of hydrogen-bond donors (Lipinski definition) is 2. The lowest BCUT2D eigenvalue weighted by Crippen LogP contribution is -2.18. The van der Waals surface area contributed by atoms with Gasteiger partial charge in [-0.25, -0.2) is 0 Å². The highest BCUT2D eigenvalue weighted by molar-refractivity contribution is 6.34. The Morgan fingerprint density at radius 2 is 2.21 bits per heavy atom. The molecule has 0 spiro atoms. The summed E-state index contributed by atoms with van der Waals surface area (Å²) >= 11 is 5.85. The molecule has 0 fully saturated rings. The molecule has 0 radical (unpaired) electrons. The van der Waals surface area contributed by atoms with E-state index in [1.807, 2.05) is 0 Å². The number of nitrogens with one attached hydrogen (secondary N) is 1. The average Bonchev–Trinajstić information content (AvgIpc) is 2.76. The summed E-state index contributed by atoms with van der Waals surface area (Å²) < 4.78 is 1.33. The van der Waals surface area contributed by atoms with E-state index in [-0.39, 0.29) is 17.5 Å². The zero-order chi connectivity index (χ0) is 13.8. The second kappa shape index (κ2) is 5.49. The number of halogens is 1. The van der Waals surface area contributed by atoms with Crippen LogP contribution in [0.3, 0.4) is 0 Å². The molecule has 0 aromatic carbocycles. The Labute approximate surface area is 113 Å². The highest BCUT2D eigenvalue weighted by Gasteiger charge is 2.11. The van der Waals surface area contributed by atoms with Gasteiger partial charge in [-0.05, 0) is 6.07 Å². The fourth-order valence-electron chi connectivity index (χ4n) is 1.43. The van der Waals surface area contributed by atoms with Crippen LogP contribution in [0.5, 0.6) is 0 Å². The standard InChI is InChI=1S/C11H10ClN5O2/c12-9-4-14-2-1-8(9)11(19)16-7-3-15-17(5-7)6-10(13)18/h1-5H,6H2,(H2,13,18)(H,16,19). The van der Waals surface area contributed by atoms with Crippen molar-refractivity contribution >= 4 is 29.1 Å². The van der Waals surface area contributed by atoms with Crippen LogP contribution in [-0.4, -0.2) is 26.6 Å². The van der Waals surface area contributed by atoms with Gasteiger partial charge in [0.05, 0.1) is 22.5 Å². The quantitative estimate of drug-likeness (QED) is 0.858. The number of aromatic nitrogens is 3. The topological polar surface area (TPSA) is 103 Å². The van der Waals surface area contributed by atoms with E-state index < -0.39 is 5.91 Å². The molecule has 7 nitrogen and oxygen atoms in total. The number of carbonyl (C=O) groups excluding carboxylic acids is 2. The molecular weight excluding hydrogens is 270 g/mol. The molecule has 2 aromatic rings. The normalized spacial score (nSPS) is 10.2. The van der Waals surface area contributed by atoms with Crippen molar-refractivity contribution in [1.82, 2.24) is 14.8 Å². The molecule has 2 aromatic heterocycles. The first-order chi connectivity index (χ1) is 9.06. The van der Waals surface area contributed by atoms with Crippen LogP contribution in [0.25, 0.3) is 0 Å². The molecule has 2 heterocycles. The fraction of sp³-hybridized carbons (Fsp3) is 0.0909. The number of anilines is 1. The first-order valence-electron chi connectivity index (χ1n) is 5.28. The van der Waals surface area contributed by atoms with Gasteiger partial charge in [0, 0.05) is 18.6 Å². The third kappa shape index (κ3) is 3.29. The third-order valence-corrected chi connectivity index (χ3v) is 2.53. The molecule has 0 saturated heterocycles. The van der Waals surface area contributed by atoms with E-state index in [0.29, 0.717) is 11.3 Å². The van der Waals surface area contributed by atoms with Crippen LogP contribution in [0.4, 0.5) is 5.69 Å². The molecule has 0 unspecified atom stereocenters. The summed E-state index contributed by atoms with van der Waals surface area (Å²) in [7, 11) is 0. The lowest BCUT2D eigenvalue weighted by molar-refractivity contribution is -0.118. The van der Waals surface area contributed by atoms with Gasteiger partial charge in [0.15, 0.2) is 0 Å². The number of nitrogens with zero attached hydrogens (tertiary/aromatic N) is 3. The molecule has 0 atom stereocenters. The first kappa shape index (κ1) is 13.0. The Balaban J connectivity index is 2.09. The van der Waals surface area contributed by atoms with Gasteiger partial charge >= 0.3 is 0 Å². The van der Waals surface area contributed by atoms with Crippen LogP contribution >= 0.6 is 11.6 Å². The lowest BCUT2D eigenvalue weighted by atomic mass is 10.2. The van der Waals surface area contributed by atoms with Crippen molar-refractivity contribution in [2.24, 2.45) is 5.73 Å². The average molecular weight is 280 g/mol. The summed E-state index contributed by atoms with van der Waals surface area (Å²) in [6.07, 6.45) is 5.76. The Kier molecular flexibility index (Phi) is 3.76. The molecule has 8 heteroatoms. The van der Waals surface area contributed by atoms with Gasteiger partial charge in [0.25, 0.3) is 5.91 Å². The second-order valence-electron chi connectivity index (χ2n) is 3.70. The van der Waals surface area contributed by atoms with Crippen LogP contribution in [0.15, 0.2) is 30.9 Å². The number of primary amides is 1. The molecule has 0 aliphatic carbocycles. The predicted octanol–water partition coefficient (Wildman–Crippen LogP) is 0.669. The number of rotatable bonds is 4. The zero-order valence-electron chi connectivity index (χ0n) is 9.71. The third-order valence-electron chi connectivity index (χ3n) is 2.23. The van der Waals surface area contributed by atoms with E-state index in [0.717, 1.165) is 0 Å². The van der Waals surface area contributed by atoms with E-state index in [4.69, 9.17) is 17.3 Å². The first-order valence-corrected chi connectivity index (χ1v) is 5.65. The van der Waals surface area contributed by atoms with Crippen molar-refractivity contribution in [3.8, 4) is 0 Å². The number of pyridine rings is 1. The van der Waals surface area contributed by atoms with Crippen LogP contribution in [0.2, 0.25) is 5.02 Å². The van der Waals surface area contributed by atoms with Gasteiger partial charge in [-0.1, -0.05) is 11.6 Å². The smallest absolute Gasteiger partial charge is 0.257 e. The van der Waals surface area contributed by atoms with Gasteiger partial charge in [0.2, 0.25) is 5.91 Å². The van der Waals surface area contributed by atoms with E-state index in [2.05, 4.69) is 15.4 Å². The number of amides is 2. The second-order valence-corrected chi connectivity index (χ2v) is 4.11. The highest BCUT2D eigenvalue weighted by Crippen LogP contribution is 2.15. The maximum atomic E-state index is 11.9. The van der Waals surface area contributed by atoms with Crippen LogP contribution in [-0.2, 0) is 11.3 Å². The molecule has 2 rings (SSSR count). The van der Waals surface area contributed by atoms with E-state index in [1.54, 1.807) is 0 Å². The van der Waals surface area contributed by atoms with Crippen molar-refractivity contribution in [3.63, 3.8) is 0 Å². The number of carbonyl (C=O) groups is 2. The molecule has 0 aliphatic rings. The van der Waals surface area contributed by atoms with Gasteiger partial charge in [-0.3, -0.25) is 19.3 Å². The maximum absolute atomic E-state index is 11.9. The van der Waals surface area contributed by atoms with Gasteiger partial charge in [-0.2, -0.15) is 5.10 Å². The Morgan fingerprint density at radius 3 is 2.89 bits per heavy atom. The summed E-state index contributed by atoms with van der Waals surface area (Å²) in [4.78, 5) is 26.4. The van der Waals surface area contributed by atoms with Crippen LogP contribution in [0.1, 0.15) is 10.4 Å². The molecule has 3 N–H and O–H groups in total. The minimum Gasteiger partial charge on any atom is -0.368 e. The molecule has 98 valence electrons. The lowest BCUT2D eigenvalue weighted by Gasteiger charge is -2.03. The zero-order valence-corrected chi connectivity index (χ0v) is 10.5. The molecular formula is C11H10ClN5O2. The van der Waals surface area contributed by atoms with Crippen molar-refractivity contribution in [2.45, 2.75) is 6.54 Å². The van der Waals surface area contributed by atoms with Crippen molar-refractivity contribution in [2.75, 3.05) is 5.32 Å². The van der Waals surface area contributed by atoms with E-state index >= 15 is 0 Å². The Bertz CT molecular complexity index is 625. The fourth-order valence-corrected chi connectivity index (χ4v) is 1.64. The van der Waals surface area contributed by atoms with Gasteiger partial charge in [-0.15, -0.1) is 0 Å². The van der Waals surface area contributed by atoms with Gasteiger partial charge in [0.1, 0.15) is 6.54 Å². The summed E-state index contributed by atoms with van der Waals surface area (Å²) in [5.74, 6) is -0.899. The van der Waals surface area contributed by atoms with Crippen LogP contribution in [0, 0.1) is 0 Å². The molecule has 0 aliphatic heterocycles. The minimum atomic E-state index is -0.516. The molecule has 0 bridgehead atoms. The van der Waals surface area contributed by atoms with Crippen LogP contribution < -0.4 is 11.1 Å². The predicted molar refractivity (Wildman–Crippen MR) is 68.6 cm³/mol. The van der Waals surface area contributed by atoms with E-state index in [1.165, 1.54) is 35.5 Å². The largest absolute Gasteiger partial charge is 0.368 e. The highest BCUT2D eigenvalue weighted by atomic mass is 35.5.